The first kappa shape index (κ1) is 11.8. The fourth-order valence-corrected chi connectivity index (χ4v) is 1.99. The Labute approximate surface area is 91.6 Å². The lowest BCUT2D eigenvalue weighted by molar-refractivity contribution is -0.138. The van der Waals surface area contributed by atoms with Gasteiger partial charge < -0.3 is 5.11 Å². The van der Waals surface area contributed by atoms with Crippen LogP contribution in [-0.4, -0.2) is 5.11 Å². The van der Waals surface area contributed by atoms with Crippen molar-refractivity contribution in [1.29, 1.82) is 0 Å². The quantitative estimate of drug-likeness (QED) is 0.837. The number of halogens is 5. The van der Waals surface area contributed by atoms with Crippen molar-refractivity contribution < 1.29 is 18.3 Å². The molecule has 0 aliphatic heterocycles. The fraction of sp³-hybridized carbons (Fsp3) is 0.250. The van der Waals surface area contributed by atoms with Gasteiger partial charge in [0.25, 0.3) is 0 Å². The second kappa shape index (κ2) is 4.08. The van der Waals surface area contributed by atoms with Crippen LogP contribution in [0, 0.1) is 0 Å². The molecule has 1 N–H and O–H groups in total. The van der Waals surface area contributed by atoms with Gasteiger partial charge in [-0.05, 0) is 28.1 Å². The standard InChI is InChI=1S/C8H5BrClF3O/c9-7-4(3-14)6(10)2-1-5(7)8(11,12)13/h1-2,14H,3H2. The lowest BCUT2D eigenvalue weighted by Crippen LogP contribution is -2.07. The summed E-state index contributed by atoms with van der Waals surface area (Å²) >= 11 is 8.36. The van der Waals surface area contributed by atoms with E-state index >= 15 is 0 Å². The third-order valence-corrected chi connectivity index (χ3v) is 2.91. The molecule has 0 aliphatic rings. The zero-order chi connectivity index (χ0) is 10.9. The molecule has 1 rings (SSSR count). The lowest BCUT2D eigenvalue weighted by Gasteiger charge is -2.12. The van der Waals surface area contributed by atoms with Gasteiger partial charge in [-0.2, -0.15) is 13.2 Å². The molecule has 0 amide bonds. The highest BCUT2D eigenvalue weighted by molar-refractivity contribution is 9.10. The predicted octanol–water partition coefficient (Wildman–Crippen LogP) is 3.61. The van der Waals surface area contributed by atoms with Crippen LogP contribution in [0.25, 0.3) is 0 Å². The molecule has 0 aromatic heterocycles. The van der Waals surface area contributed by atoms with Crippen LogP contribution in [0.1, 0.15) is 11.1 Å². The number of hydrogen-bond donors (Lipinski definition) is 1. The first-order valence-electron chi connectivity index (χ1n) is 3.53. The maximum absolute atomic E-state index is 12.3. The summed E-state index contributed by atoms with van der Waals surface area (Å²) in [6.07, 6.45) is -4.45. The number of rotatable bonds is 1. The van der Waals surface area contributed by atoms with E-state index in [1.165, 1.54) is 0 Å². The number of benzene rings is 1. The summed E-state index contributed by atoms with van der Waals surface area (Å²) in [6, 6.07) is 1.98. The molecule has 0 spiro atoms. The van der Waals surface area contributed by atoms with E-state index in [0.29, 0.717) is 0 Å². The van der Waals surface area contributed by atoms with E-state index in [9.17, 15) is 13.2 Å². The summed E-state index contributed by atoms with van der Waals surface area (Å²) < 4.78 is 36.8. The van der Waals surface area contributed by atoms with Gasteiger partial charge in [0.1, 0.15) is 0 Å². The molecule has 0 fully saturated rings. The Morgan fingerprint density at radius 3 is 2.36 bits per heavy atom. The largest absolute Gasteiger partial charge is 0.417 e. The molecule has 6 heteroatoms. The minimum atomic E-state index is -4.45. The Morgan fingerprint density at radius 1 is 1.36 bits per heavy atom. The van der Waals surface area contributed by atoms with Gasteiger partial charge in [0, 0.05) is 15.1 Å². The predicted molar refractivity (Wildman–Crippen MR) is 50.1 cm³/mol. The van der Waals surface area contributed by atoms with Gasteiger partial charge in [-0.15, -0.1) is 0 Å². The number of alkyl halides is 3. The van der Waals surface area contributed by atoms with E-state index in [4.69, 9.17) is 16.7 Å². The molecule has 0 bridgehead atoms. The Morgan fingerprint density at radius 2 is 1.93 bits per heavy atom. The highest BCUT2D eigenvalue weighted by Gasteiger charge is 2.34. The Bertz CT molecular complexity index is 351. The second-order valence-electron chi connectivity index (χ2n) is 2.54. The lowest BCUT2D eigenvalue weighted by atomic mass is 10.1. The SMILES string of the molecule is OCc1c(Cl)ccc(C(F)(F)F)c1Br. The highest BCUT2D eigenvalue weighted by Crippen LogP contribution is 2.38. The molecule has 78 valence electrons. The van der Waals surface area contributed by atoms with Crippen molar-refractivity contribution in [3.63, 3.8) is 0 Å². The van der Waals surface area contributed by atoms with E-state index in [2.05, 4.69) is 15.9 Å². The molecule has 0 radical (unpaired) electrons. The van der Waals surface area contributed by atoms with Gasteiger partial charge in [0.05, 0.1) is 12.2 Å². The van der Waals surface area contributed by atoms with Crippen molar-refractivity contribution in [1.82, 2.24) is 0 Å². The van der Waals surface area contributed by atoms with Gasteiger partial charge >= 0.3 is 6.18 Å². The smallest absolute Gasteiger partial charge is 0.392 e. The van der Waals surface area contributed by atoms with Crippen LogP contribution < -0.4 is 0 Å². The third-order valence-electron chi connectivity index (χ3n) is 1.65. The molecule has 0 unspecified atom stereocenters. The molecular formula is C8H5BrClF3O. The Hall–Kier alpha value is -0.260. The van der Waals surface area contributed by atoms with Crippen LogP contribution in [0.2, 0.25) is 5.02 Å². The Balaban J connectivity index is 3.36. The van der Waals surface area contributed by atoms with Crippen molar-refractivity contribution >= 4 is 27.5 Å². The van der Waals surface area contributed by atoms with Crippen molar-refractivity contribution in [2.24, 2.45) is 0 Å². The average Bonchev–Trinajstić information content (AvgIpc) is 2.02. The van der Waals surface area contributed by atoms with Gasteiger partial charge in [-0.3, -0.25) is 0 Å². The zero-order valence-electron chi connectivity index (χ0n) is 6.70. The topological polar surface area (TPSA) is 20.2 Å². The maximum atomic E-state index is 12.3. The monoisotopic (exact) mass is 288 g/mol. The van der Waals surface area contributed by atoms with Crippen LogP contribution in [0.4, 0.5) is 13.2 Å². The molecule has 1 aromatic rings. The summed E-state index contributed by atoms with van der Waals surface area (Å²) in [4.78, 5) is 0. The number of aliphatic hydroxyl groups is 1. The highest BCUT2D eigenvalue weighted by atomic mass is 79.9. The van der Waals surface area contributed by atoms with Crippen molar-refractivity contribution in [2.75, 3.05) is 0 Å². The maximum Gasteiger partial charge on any atom is 0.417 e. The molecule has 0 atom stereocenters. The second-order valence-corrected chi connectivity index (χ2v) is 3.74. The van der Waals surface area contributed by atoms with Crippen LogP contribution in [0.3, 0.4) is 0 Å². The van der Waals surface area contributed by atoms with Gasteiger partial charge in [0.2, 0.25) is 0 Å². The summed E-state index contributed by atoms with van der Waals surface area (Å²) in [7, 11) is 0. The number of hydrogen-bond acceptors (Lipinski definition) is 1. The van der Waals surface area contributed by atoms with E-state index in [-0.39, 0.29) is 15.1 Å². The van der Waals surface area contributed by atoms with E-state index in [0.717, 1.165) is 12.1 Å². The normalized spacial score (nSPS) is 11.9. The molecule has 0 saturated carbocycles. The van der Waals surface area contributed by atoms with Crippen LogP contribution in [0.5, 0.6) is 0 Å². The summed E-state index contributed by atoms with van der Waals surface area (Å²) in [5.74, 6) is 0. The van der Waals surface area contributed by atoms with E-state index in [1.807, 2.05) is 0 Å². The molecule has 0 heterocycles. The van der Waals surface area contributed by atoms with Crippen LogP contribution in [0.15, 0.2) is 16.6 Å². The van der Waals surface area contributed by atoms with Crippen molar-refractivity contribution in [3.05, 3.63) is 32.8 Å². The number of aliphatic hydroxyl groups excluding tert-OH is 1. The van der Waals surface area contributed by atoms with Gasteiger partial charge in [0.15, 0.2) is 0 Å². The summed E-state index contributed by atoms with van der Waals surface area (Å²) in [5, 5.41) is 8.91. The summed E-state index contributed by atoms with van der Waals surface area (Å²) in [5.41, 5.74) is -0.799. The minimum Gasteiger partial charge on any atom is -0.392 e. The van der Waals surface area contributed by atoms with E-state index < -0.39 is 18.3 Å². The van der Waals surface area contributed by atoms with Crippen LogP contribution >= 0.6 is 27.5 Å². The minimum absolute atomic E-state index is 0.0430. The molecule has 1 aromatic carbocycles. The van der Waals surface area contributed by atoms with E-state index in [1.54, 1.807) is 0 Å². The molecule has 1 nitrogen and oxygen atoms in total. The molecule has 0 saturated heterocycles. The van der Waals surface area contributed by atoms with Crippen LogP contribution in [-0.2, 0) is 12.8 Å². The first-order valence-corrected chi connectivity index (χ1v) is 4.70. The van der Waals surface area contributed by atoms with Gasteiger partial charge in [-0.1, -0.05) is 11.6 Å². The Kier molecular flexibility index (Phi) is 3.44. The van der Waals surface area contributed by atoms with Crippen molar-refractivity contribution in [2.45, 2.75) is 12.8 Å². The first-order chi connectivity index (χ1) is 6.38. The molecule has 0 aliphatic carbocycles. The third kappa shape index (κ3) is 2.21. The summed E-state index contributed by atoms with van der Waals surface area (Å²) in [6.45, 7) is -0.538. The zero-order valence-corrected chi connectivity index (χ0v) is 9.04. The van der Waals surface area contributed by atoms with Gasteiger partial charge in [-0.25, -0.2) is 0 Å². The molecular weight excluding hydrogens is 284 g/mol. The molecule has 14 heavy (non-hydrogen) atoms. The van der Waals surface area contributed by atoms with Crippen molar-refractivity contribution in [3.8, 4) is 0 Å². The average molecular weight is 289 g/mol. The fourth-order valence-electron chi connectivity index (χ4n) is 0.962.